The Morgan fingerprint density at radius 3 is 1.42 bits per heavy atom. The van der Waals surface area contributed by atoms with Crippen molar-refractivity contribution in [3.05, 3.63) is 167 Å². The smallest absolute Gasteiger partial charge is 0.410 e. The van der Waals surface area contributed by atoms with Crippen LogP contribution in [0.5, 0.6) is 0 Å². The Labute approximate surface area is 338 Å². The summed E-state index contributed by atoms with van der Waals surface area (Å²) in [6, 6.07) is 49.7. The molecule has 10 rings (SSSR count). The number of hydrogen-bond acceptors (Lipinski definition) is 3. The van der Waals surface area contributed by atoms with Crippen LogP contribution in [0.4, 0.5) is 4.79 Å². The third kappa shape index (κ3) is 8.06. The van der Waals surface area contributed by atoms with Gasteiger partial charge in [-0.3, -0.25) is 0 Å². The summed E-state index contributed by atoms with van der Waals surface area (Å²) < 4.78 is 5.52. The minimum absolute atomic E-state index is 0.190. The van der Waals surface area contributed by atoms with E-state index in [4.69, 9.17) is 4.74 Å². The summed E-state index contributed by atoms with van der Waals surface area (Å²) in [4.78, 5) is 14.2. The summed E-state index contributed by atoms with van der Waals surface area (Å²) in [5.74, 6) is 1.22. The molecule has 57 heavy (non-hydrogen) atoms. The topological polar surface area (TPSA) is 41.6 Å². The molecule has 2 aliphatic carbocycles. The second kappa shape index (κ2) is 15.8. The lowest BCUT2D eigenvalue weighted by Crippen LogP contribution is -2.41. The van der Waals surface area contributed by atoms with E-state index in [2.05, 4.69) is 139 Å². The van der Waals surface area contributed by atoms with E-state index in [-0.39, 0.29) is 6.09 Å². The van der Waals surface area contributed by atoms with Gasteiger partial charge in [0.2, 0.25) is 0 Å². The van der Waals surface area contributed by atoms with Gasteiger partial charge in [0.05, 0.1) is 0 Å². The van der Waals surface area contributed by atoms with Gasteiger partial charge in [0.15, 0.2) is 0 Å². The molecule has 6 aromatic rings. The molecule has 0 radical (unpaired) electrons. The van der Waals surface area contributed by atoms with E-state index in [0.29, 0.717) is 5.92 Å². The van der Waals surface area contributed by atoms with E-state index in [1.54, 1.807) is 0 Å². The number of fused-ring (bicyclic) bond motifs is 6. The molecular weight excluding hydrogens is 697 g/mol. The van der Waals surface area contributed by atoms with Crippen LogP contribution in [-0.2, 0) is 17.6 Å². The first kappa shape index (κ1) is 37.1. The van der Waals surface area contributed by atoms with Crippen molar-refractivity contribution in [2.45, 2.75) is 76.7 Å². The monoisotopic (exact) mass is 750 g/mol. The summed E-state index contributed by atoms with van der Waals surface area (Å²) in [7, 11) is 0. The van der Waals surface area contributed by atoms with Crippen molar-refractivity contribution in [1.82, 2.24) is 10.2 Å². The number of nitrogens with one attached hydrogen (secondary N) is 1. The number of ether oxygens (including phenoxy) is 1. The zero-order valence-corrected chi connectivity index (χ0v) is 33.7. The van der Waals surface area contributed by atoms with Crippen molar-refractivity contribution in [2.75, 3.05) is 26.2 Å². The van der Waals surface area contributed by atoms with Crippen LogP contribution < -0.4 is 5.32 Å². The van der Waals surface area contributed by atoms with Crippen molar-refractivity contribution in [3.8, 4) is 44.5 Å². The van der Waals surface area contributed by atoms with Crippen molar-refractivity contribution >= 4 is 6.09 Å². The van der Waals surface area contributed by atoms with Crippen LogP contribution in [0.25, 0.3) is 44.5 Å². The van der Waals surface area contributed by atoms with E-state index in [0.717, 1.165) is 57.8 Å². The van der Waals surface area contributed by atoms with Crippen LogP contribution in [0.3, 0.4) is 0 Å². The first-order valence-electron chi connectivity index (χ1n) is 21.1. The molecule has 4 nitrogen and oxygen atoms in total. The molecule has 0 atom stereocenters. The van der Waals surface area contributed by atoms with Crippen molar-refractivity contribution in [3.63, 3.8) is 0 Å². The number of nitrogens with zero attached hydrogens (tertiary/aromatic N) is 1. The van der Waals surface area contributed by atoms with E-state index in [1.165, 1.54) is 90.7 Å². The van der Waals surface area contributed by atoms with Crippen LogP contribution in [0.15, 0.2) is 133 Å². The van der Waals surface area contributed by atoms with Gasteiger partial charge in [0.25, 0.3) is 0 Å². The molecule has 0 saturated carbocycles. The average Bonchev–Trinajstić information content (AvgIpc) is 3.81. The molecular formula is C53H54N2O2. The molecule has 0 spiro atoms. The quantitative estimate of drug-likeness (QED) is 0.195. The third-order valence-corrected chi connectivity index (χ3v) is 12.5. The second-order valence-corrected chi connectivity index (χ2v) is 17.4. The van der Waals surface area contributed by atoms with Gasteiger partial charge in [-0.05, 0) is 162 Å². The molecule has 2 aliphatic heterocycles. The number of piperidine rings is 2. The molecule has 2 heterocycles. The van der Waals surface area contributed by atoms with Crippen molar-refractivity contribution < 1.29 is 9.53 Å². The molecule has 1 N–H and O–H groups in total. The highest BCUT2D eigenvalue weighted by Gasteiger charge is 2.28. The number of rotatable bonds is 4. The Morgan fingerprint density at radius 2 is 0.947 bits per heavy atom. The number of amides is 1. The van der Waals surface area contributed by atoms with Crippen molar-refractivity contribution in [1.29, 1.82) is 0 Å². The fraction of sp³-hybridized carbons (Fsp3) is 0.302. The number of benzene rings is 6. The molecule has 2 fully saturated rings. The number of likely N-dealkylation sites (tertiary alicyclic amines) is 1. The molecule has 0 bridgehead atoms. The Morgan fingerprint density at radius 1 is 0.526 bits per heavy atom. The minimum atomic E-state index is -0.440. The van der Waals surface area contributed by atoms with Gasteiger partial charge in [-0.2, -0.15) is 0 Å². The number of carbonyl (C=O) groups is 1. The maximum Gasteiger partial charge on any atom is 0.410 e. The molecule has 0 aromatic heterocycles. The Hall–Kier alpha value is -5.45. The van der Waals surface area contributed by atoms with Crippen molar-refractivity contribution in [2.24, 2.45) is 0 Å². The second-order valence-electron chi connectivity index (χ2n) is 17.4. The van der Waals surface area contributed by atoms with Crippen LogP contribution in [0, 0.1) is 0 Å². The summed E-state index contributed by atoms with van der Waals surface area (Å²) in [5.41, 5.74) is 19.0. The summed E-state index contributed by atoms with van der Waals surface area (Å²) >= 11 is 0. The summed E-state index contributed by atoms with van der Waals surface area (Å²) in [5, 5.41) is 3.45. The highest BCUT2D eigenvalue weighted by molar-refractivity contribution is 5.81. The molecule has 4 heteroatoms. The lowest BCUT2D eigenvalue weighted by molar-refractivity contribution is 0.0205. The van der Waals surface area contributed by atoms with E-state index in [9.17, 15) is 4.79 Å². The van der Waals surface area contributed by atoms with E-state index >= 15 is 0 Å². The molecule has 2 saturated heterocycles. The van der Waals surface area contributed by atoms with Crippen LogP contribution >= 0.6 is 0 Å². The Balaban J connectivity index is 0.000000153. The van der Waals surface area contributed by atoms with Crippen LogP contribution in [-0.4, -0.2) is 42.8 Å². The number of hydrogen-bond donors (Lipinski definition) is 1. The largest absolute Gasteiger partial charge is 0.444 e. The standard InChI is InChI=1S/C29H31NO2.C24H23N/c1-29(2,3)32-28(31)30-16-14-22(15-17-30)20-8-10-21(11-9-20)23-12-13-27-25(18-23)19-24-6-4-5-7-26(24)27;1-2-4-23-21(3-1)16-22-15-20(9-10-24(22)23)18-7-5-17(6-8-18)19-11-13-25-14-12-19/h4-13,18,22H,14-17,19H2,1-3H3;1-10,15,19,25H,11-14,16H2. The van der Waals surface area contributed by atoms with Gasteiger partial charge in [-0.1, -0.05) is 133 Å². The maximum absolute atomic E-state index is 12.3. The average molecular weight is 751 g/mol. The van der Waals surface area contributed by atoms with Gasteiger partial charge in [-0.25, -0.2) is 4.79 Å². The lowest BCUT2D eigenvalue weighted by Gasteiger charge is -2.33. The Kier molecular flexibility index (Phi) is 10.3. The SMILES string of the molecule is CC(C)(C)OC(=O)N1CCC(c2ccc(-c3ccc4c(c3)Cc3ccccc3-4)cc2)CC1.c1ccc2c(c1)Cc1cc(-c3ccc(C4CCNCC4)cc3)ccc1-2. The predicted molar refractivity (Wildman–Crippen MR) is 235 cm³/mol. The third-order valence-electron chi connectivity index (χ3n) is 12.5. The minimum Gasteiger partial charge on any atom is -0.444 e. The molecule has 0 unspecified atom stereocenters. The lowest BCUT2D eigenvalue weighted by atomic mass is 9.88. The van der Waals surface area contributed by atoms with E-state index in [1.807, 2.05) is 25.7 Å². The molecule has 4 aliphatic rings. The van der Waals surface area contributed by atoms with Gasteiger partial charge < -0.3 is 15.0 Å². The fourth-order valence-electron chi connectivity index (χ4n) is 9.42. The first-order valence-corrected chi connectivity index (χ1v) is 21.1. The van der Waals surface area contributed by atoms with Gasteiger partial charge in [0.1, 0.15) is 5.60 Å². The molecule has 6 aromatic carbocycles. The highest BCUT2D eigenvalue weighted by Crippen LogP contribution is 2.40. The first-order chi connectivity index (χ1) is 27.8. The van der Waals surface area contributed by atoms with E-state index < -0.39 is 5.60 Å². The highest BCUT2D eigenvalue weighted by atomic mass is 16.6. The van der Waals surface area contributed by atoms with Crippen LogP contribution in [0.1, 0.15) is 91.7 Å². The predicted octanol–water partition coefficient (Wildman–Crippen LogP) is 12.4. The summed E-state index contributed by atoms with van der Waals surface area (Å²) in [6.07, 6.45) is 6.38. The summed E-state index contributed by atoms with van der Waals surface area (Å²) in [6.45, 7) is 9.56. The Bertz CT molecular complexity index is 2370. The normalized spacial score (nSPS) is 16.2. The van der Waals surface area contributed by atoms with Gasteiger partial charge in [0, 0.05) is 13.1 Å². The maximum atomic E-state index is 12.3. The number of carbonyl (C=O) groups excluding carboxylic acids is 1. The van der Waals surface area contributed by atoms with Gasteiger partial charge >= 0.3 is 6.09 Å². The molecule has 288 valence electrons. The van der Waals surface area contributed by atoms with Crippen LogP contribution in [0.2, 0.25) is 0 Å². The fourth-order valence-corrected chi connectivity index (χ4v) is 9.42. The zero-order valence-electron chi connectivity index (χ0n) is 33.7. The zero-order chi connectivity index (χ0) is 38.9. The van der Waals surface area contributed by atoms with Gasteiger partial charge in [-0.15, -0.1) is 0 Å². The molecule has 1 amide bonds.